The fraction of sp³-hybridized carbons (Fsp3) is 0.667. The van der Waals surface area contributed by atoms with Gasteiger partial charge in [0.2, 0.25) is 5.95 Å². The highest BCUT2D eigenvalue weighted by Gasteiger charge is 1.99. The Hall–Kier alpha value is -1.36. The lowest BCUT2D eigenvalue weighted by Crippen LogP contribution is -2.21. The van der Waals surface area contributed by atoms with Gasteiger partial charge in [-0.15, -0.1) is 0 Å². The van der Waals surface area contributed by atoms with Crippen molar-refractivity contribution < 1.29 is 0 Å². The zero-order valence-electron chi connectivity index (χ0n) is 11.2. The van der Waals surface area contributed by atoms with E-state index < -0.39 is 0 Å². The minimum atomic E-state index is 0.607. The maximum atomic E-state index is 4.39. The average molecular weight is 237 g/mol. The van der Waals surface area contributed by atoms with E-state index in [4.69, 9.17) is 0 Å². The van der Waals surface area contributed by atoms with Crippen LogP contribution in [-0.4, -0.2) is 48.6 Å². The molecule has 0 fully saturated rings. The van der Waals surface area contributed by atoms with Crippen molar-refractivity contribution in [2.75, 3.05) is 44.4 Å². The highest BCUT2D eigenvalue weighted by molar-refractivity contribution is 5.39. The molecule has 0 bridgehead atoms. The molecule has 2 N–H and O–H groups in total. The van der Waals surface area contributed by atoms with Crippen LogP contribution < -0.4 is 10.6 Å². The summed E-state index contributed by atoms with van der Waals surface area (Å²) in [6.07, 6.45) is 1.77. The minimum absolute atomic E-state index is 0.607. The van der Waals surface area contributed by atoms with Gasteiger partial charge in [0.25, 0.3) is 0 Å². The normalized spacial score (nSPS) is 10.9. The van der Waals surface area contributed by atoms with Crippen molar-refractivity contribution in [3.05, 3.63) is 12.3 Å². The van der Waals surface area contributed by atoms with Crippen LogP contribution in [0, 0.1) is 5.92 Å². The summed E-state index contributed by atoms with van der Waals surface area (Å²) in [7, 11) is 4.09. The summed E-state index contributed by atoms with van der Waals surface area (Å²) in [6.45, 7) is 7.08. The fourth-order valence-corrected chi connectivity index (χ4v) is 1.24. The van der Waals surface area contributed by atoms with E-state index in [1.54, 1.807) is 6.20 Å². The predicted molar refractivity (Wildman–Crippen MR) is 72.4 cm³/mol. The van der Waals surface area contributed by atoms with Crippen LogP contribution in [0.25, 0.3) is 0 Å². The number of rotatable bonds is 7. The molecule has 0 saturated heterocycles. The van der Waals surface area contributed by atoms with E-state index >= 15 is 0 Å². The number of nitrogens with zero attached hydrogens (tertiary/aromatic N) is 3. The second-order valence-electron chi connectivity index (χ2n) is 4.77. The Kier molecular flexibility index (Phi) is 5.69. The molecule has 0 radical (unpaired) electrons. The molecule has 1 heterocycles. The van der Waals surface area contributed by atoms with E-state index in [-0.39, 0.29) is 0 Å². The lowest BCUT2D eigenvalue weighted by Gasteiger charge is -2.11. The molecule has 0 aromatic carbocycles. The molecule has 1 rings (SSSR count). The van der Waals surface area contributed by atoms with Crippen LogP contribution in [0.15, 0.2) is 12.3 Å². The molecule has 5 heteroatoms. The standard InChI is InChI=1S/C12H23N5/c1-10(2)9-15-11-5-6-13-12(16-11)14-7-8-17(3)4/h5-6,10H,7-9H2,1-4H3,(H2,13,14,15,16). The van der Waals surface area contributed by atoms with E-state index in [0.29, 0.717) is 11.9 Å². The molecule has 0 aliphatic rings. The number of hydrogen-bond donors (Lipinski definition) is 2. The Bertz CT molecular complexity index is 324. The number of aromatic nitrogens is 2. The molecule has 5 nitrogen and oxygen atoms in total. The van der Waals surface area contributed by atoms with Gasteiger partial charge < -0.3 is 15.5 Å². The number of nitrogens with one attached hydrogen (secondary N) is 2. The summed E-state index contributed by atoms with van der Waals surface area (Å²) in [5.41, 5.74) is 0. The molecule has 0 aliphatic carbocycles. The van der Waals surface area contributed by atoms with Crippen molar-refractivity contribution in [1.29, 1.82) is 0 Å². The van der Waals surface area contributed by atoms with Gasteiger partial charge in [0.15, 0.2) is 0 Å². The summed E-state index contributed by atoms with van der Waals surface area (Å²) in [6, 6.07) is 1.89. The molecule has 0 atom stereocenters. The topological polar surface area (TPSA) is 53.1 Å². The first-order valence-electron chi connectivity index (χ1n) is 6.03. The summed E-state index contributed by atoms with van der Waals surface area (Å²) in [5, 5.41) is 6.48. The molecule has 0 unspecified atom stereocenters. The monoisotopic (exact) mass is 237 g/mol. The largest absolute Gasteiger partial charge is 0.370 e. The van der Waals surface area contributed by atoms with E-state index in [0.717, 1.165) is 25.5 Å². The van der Waals surface area contributed by atoms with Crippen LogP contribution in [0.5, 0.6) is 0 Å². The van der Waals surface area contributed by atoms with Gasteiger partial charge >= 0.3 is 0 Å². The molecule has 1 aromatic rings. The third-order valence-electron chi connectivity index (χ3n) is 2.19. The summed E-state index contributed by atoms with van der Waals surface area (Å²) >= 11 is 0. The van der Waals surface area contributed by atoms with Crippen molar-refractivity contribution in [2.24, 2.45) is 5.92 Å². The van der Waals surface area contributed by atoms with Crippen molar-refractivity contribution in [3.63, 3.8) is 0 Å². The van der Waals surface area contributed by atoms with Gasteiger partial charge in [-0.3, -0.25) is 0 Å². The Morgan fingerprint density at radius 2 is 2.06 bits per heavy atom. The molecule has 96 valence electrons. The van der Waals surface area contributed by atoms with Crippen LogP contribution in [0.3, 0.4) is 0 Å². The summed E-state index contributed by atoms with van der Waals surface area (Å²) < 4.78 is 0. The van der Waals surface area contributed by atoms with Gasteiger partial charge in [-0.25, -0.2) is 4.98 Å². The maximum absolute atomic E-state index is 4.39. The molecule has 0 saturated carbocycles. The van der Waals surface area contributed by atoms with Crippen LogP contribution in [-0.2, 0) is 0 Å². The number of hydrogen-bond acceptors (Lipinski definition) is 5. The first-order chi connectivity index (χ1) is 8.08. The Morgan fingerprint density at radius 3 is 2.71 bits per heavy atom. The molecule has 0 amide bonds. The summed E-state index contributed by atoms with van der Waals surface area (Å²) in [5.74, 6) is 2.16. The van der Waals surface area contributed by atoms with Gasteiger partial charge in [-0.1, -0.05) is 13.8 Å². The summed E-state index contributed by atoms with van der Waals surface area (Å²) in [4.78, 5) is 10.7. The molecule has 0 aliphatic heterocycles. The Balaban J connectivity index is 2.42. The molecular formula is C12H23N5. The van der Waals surface area contributed by atoms with Crippen molar-refractivity contribution >= 4 is 11.8 Å². The maximum Gasteiger partial charge on any atom is 0.224 e. The van der Waals surface area contributed by atoms with Crippen LogP contribution in [0.4, 0.5) is 11.8 Å². The zero-order chi connectivity index (χ0) is 12.7. The smallest absolute Gasteiger partial charge is 0.224 e. The van der Waals surface area contributed by atoms with Crippen molar-refractivity contribution in [2.45, 2.75) is 13.8 Å². The SMILES string of the molecule is CC(C)CNc1ccnc(NCCN(C)C)n1. The zero-order valence-corrected chi connectivity index (χ0v) is 11.2. The molecule has 0 spiro atoms. The van der Waals surface area contributed by atoms with Crippen molar-refractivity contribution in [1.82, 2.24) is 14.9 Å². The van der Waals surface area contributed by atoms with Gasteiger partial charge in [0, 0.05) is 25.8 Å². The van der Waals surface area contributed by atoms with Crippen LogP contribution >= 0.6 is 0 Å². The minimum Gasteiger partial charge on any atom is -0.370 e. The number of anilines is 2. The van der Waals surface area contributed by atoms with E-state index in [1.807, 2.05) is 20.2 Å². The van der Waals surface area contributed by atoms with E-state index in [9.17, 15) is 0 Å². The first kappa shape index (κ1) is 13.7. The number of likely N-dealkylation sites (N-methyl/N-ethyl adjacent to an activating group) is 1. The lowest BCUT2D eigenvalue weighted by molar-refractivity contribution is 0.425. The predicted octanol–water partition coefficient (Wildman–Crippen LogP) is 1.52. The Morgan fingerprint density at radius 1 is 1.29 bits per heavy atom. The average Bonchev–Trinajstić information content (AvgIpc) is 2.26. The first-order valence-corrected chi connectivity index (χ1v) is 6.03. The van der Waals surface area contributed by atoms with Crippen LogP contribution in [0.1, 0.15) is 13.8 Å². The van der Waals surface area contributed by atoms with Gasteiger partial charge in [-0.2, -0.15) is 4.98 Å². The second kappa shape index (κ2) is 7.06. The Labute approximate surface area is 104 Å². The van der Waals surface area contributed by atoms with Crippen molar-refractivity contribution in [3.8, 4) is 0 Å². The second-order valence-corrected chi connectivity index (χ2v) is 4.77. The van der Waals surface area contributed by atoms with Gasteiger partial charge in [0.05, 0.1) is 0 Å². The van der Waals surface area contributed by atoms with Gasteiger partial charge in [0.1, 0.15) is 5.82 Å². The highest BCUT2D eigenvalue weighted by atomic mass is 15.2. The third-order valence-corrected chi connectivity index (χ3v) is 2.19. The molecule has 1 aromatic heterocycles. The highest BCUT2D eigenvalue weighted by Crippen LogP contribution is 2.06. The fourth-order valence-electron chi connectivity index (χ4n) is 1.24. The van der Waals surface area contributed by atoms with Gasteiger partial charge in [-0.05, 0) is 26.1 Å². The van der Waals surface area contributed by atoms with E-state index in [2.05, 4.69) is 39.3 Å². The lowest BCUT2D eigenvalue weighted by atomic mass is 10.2. The third kappa shape index (κ3) is 6.06. The molecular weight excluding hydrogens is 214 g/mol. The quantitative estimate of drug-likeness (QED) is 0.753. The van der Waals surface area contributed by atoms with Crippen LogP contribution in [0.2, 0.25) is 0 Å². The molecule has 17 heavy (non-hydrogen) atoms. The van der Waals surface area contributed by atoms with E-state index in [1.165, 1.54) is 0 Å².